The van der Waals surface area contributed by atoms with Crippen molar-refractivity contribution >= 4 is 5.91 Å². The normalized spacial score (nSPS) is 11.2. The van der Waals surface area contributed by atoms with E-state index in [-0.39, 0.29) is 5.91 Å². The number of carbonyl (C=O) groups is 1. The summed E-state index contributed by atoms with van der Waals surface area (Å²) in [5, 5.41) is 7.81. The molecule has 6 heteroatoms. The molecule has 4 aromatic rings. The van der Waals surface area contributed by atoms with E-state index in [9.17, 15) is 4.79 Å². The minimum absolute atomic E-state index is 0.164. The van der Waals surface area contributed by atoms with Gasteiger partial charge < -0.3 is 5.32 Å². The Kier molecular flexibility index (Phi) is 6.95. The number of carbonyl (C=O) groups excluding carboxylic acids is 1. The molecule has 0 aliphatic heterocycles. The first-order valence-corrected chi connectivity index (χ1v) is 11.1. The maximum atomic E-state index is 13.3. The van der Waals surface area contributed by atoms with Crippen molar-refractivity contribution in [1.29, 1.82) is 0 Å². The third-order valence-corrected chi connectivity index (χ3v) is 5.77. The molecule has 0 unspecified atom stereocenters. The van der Waals surface area contributed by atoms with Crippen LogP contribution < -0.4 is 5.32 Å². The van der Waals surface area contributed by atoms with Gasteiger partial charge in [-0.3, -0.25) is 14.7 Å². The molecule has 33 heavy (non-hydrogen) atoms. The van der Waals surface area contributed by atoms with Crippen LogP contribution in [0.2, 0.25) is 0 Å². The van der Waals surface area contributed by atoms with Crippen LogP contribution in [-0.4, -0.2) is 38.7 Å². The highest BCUT2D eigenvalue weighted by molar-refractivity contribution is 5.99. The molecule has 0 atom stereocenters. The lowest BCUT2D eigenvalue weighted by Crippen LogP contribution is -2.27. The number of hydrogen-bond acceptors (Lipinski definition) is 4. The first-order chi connectivity index (χ1) is 16.0. The summed E-state index contributed by atoms with van der Waals surface area (Å²) >= 11 is 0. The van der Waals surface area contributed by atoms with Gasteiger partial charge in [0.25, 0.3) is 5.91 Å². The fourth-order valence-corrected chi connectivity index (χ4v) is 3.58. The van der Waals surface area contributed by atoms with Crippen molar-refractivity contribution in [1.82, 2.24) is 25.0 Å². The number of nitrogens with zero attached hydrogens (tertiary/aromatic N) is 4. The summed E-state index contributed by atoms with van der Waals surface area (Å²) in [6.45, 7) is 5.63. The second kappa shape index (κ2) is 10.2. The average molecular weight is 440 g/mol. The van der Waals surface area contributed by atoms with E-state index in [1.54, 1.807) is 23.3 Å². The molecule has 0 radical (unpaired) electrons. The number of nitrogens with one attached hydrogen (secondary N) is 1. The summed E-state index contributed by atoms with van der Waals surface area (Å²) < 4.78 is 1.74. The molecular weight excluding hydrogens is 410 g/mol. The number of aromatic nitrogens is 3. The maximum absolute atomic E-state index is 13.3. The lowest BCUT2D eigenvalue weighted by molar-refractivity contribution is 0.0951. The molecule has 0 bridgehead atoms. The minimum atomic E-state index is -0.164. The molecule has 0 aliphatic rings. The van der Waals surface area contributed by atoms with Gasteiger partial charge in [0.1, 0.15) is 5.69 Å². The highest BCUT2D eigenvalue weighted by atomic mass is 16.1. The van der Waals surface area contributed by atoms with Crippen molar-refractivity contribution < 1.29 is 4.79 Å². The SMILES string of the molecule is CC(C)N(C)Cc1ccccc1CNC(=O)c1cn(-c2ccccc2)nc1-c1cccnc1. The molecule has 1 N–H and O–H groups in total. The van der Waals surface area contributed by atoms with Gasteiger partial charge >= 0.3 is 0 Å². The van der Waals surface area contributed by atoms with Crippen LogP contribution >= 0.6 is 0 Å². The van der Waals surface area contributed by atoms with Gasteiger partial charge in [-0.05, 0) is 56.3 Å². The molecule has 2 aromatic heterocycles. The van der Waals surface area contributed by atoms with Crippen LogP contribution in [0.25, 0.3) is 16.9 Å². The van der Waals surface area contributed by atoms with Gasteiger partial charge in [0.2, 0.25) is 0 Å². The third kappa shape index (κ3) is 5.35. The lowest BCUT2D eigenvalue weighted by atomic mass is 10.1. The Morgan fingerprint density at radius 2 is 1.73 bits per heavy atom. The molecular formula is C27H29N5O. The van der Waals surface area contributed by atoms with Crippen molar-refractivity contribution in [2.45, 2.75) is 33.0 Å². The Bertz CT molecular complexity index is 1200. The fraction of sp³-hybridized carbons (Fsp3) is 0.222. The highest BCUT2D eigenvalue weighted by Crippen LogP contribution is 2.23. The Balaban J connectivity index is 1.60. The fourth-order valence-electron chi connectivity index (χ4n) is 3.58. The molecule has 168 valence electrons. The molecule has 6 nitrogen and oxygen atoms in total. The molecule has 4 rings (SSSR count). The van der Waals surface area contributed by atoms with E-state index in [1.165, 1.54) is 5.56 Å². The monoisotopic (exact) mass is 439 g/mol. The topological polar surface area (TPSA) is 63.1 Å². The Labute approximate surface area is 194 Å². The molecule has 2 heterocycles. The Morgan fingerprint density at radius 3 is 2.42 bits per heavy atom. The highest BCUT2D eigenvalue weighted by Gasteiger charge is 2.19. The number of amides is 1. The number of benzene rings is 2. The van der Waals surface area contributed by atoms with E-state index >= 15 is 0 Å². The van der Waals surface area contributed by atoms with Crippen LogP contribution in [0.3, 0.4) is 0 Å². The standard InChI is InChI=1S/C27H29N5O/c1-20(2)31(3)18-23-11-8-7-10-21(23)17-29-27(33)25-19-32(24-13-5-4-6-14-24)30-26(25)22-12-9-15-28-16-22/h4-16,19-20H,17-18H2,1-3H3,(H,29,33). The molecule has 0 fully saturated rings. The van der Waals surface area contributed by atoms with Crippen LogP contribution in [0.15, 0.2) is 85.3 Å². The van der Waals surface area contributed by atoms with Gasteiger partial charge in [0.15, 0.2) is 0 Å². The zero-order valence-electron chi connectivity index (χ0n) is 19.3. The molecule has 0 aliphatic carbocycles. The first-order valence-electron chi connectivity index (χ1n) is 11.1. The Morgan fingerprint density at radius 1 is 1.00 bits per heavy atom. The average Bonchev–Trinajstić information content (AvgIpc) is 3.30. The van der Waals surface area contributed by atoms with Gasteiger partial charge in [-0.25, -0.2) is 4.68 Å². The van der Waals surface area contributed by atoms with Crippen molar-refractivity contribution in [3.8, 4) is 16.9 Å². The van der Waals surface area contributed by atoms with Crippen molar-refractivity contribution in [3.63, 3.8) is 0 Å². The summed E-state index contributed by atoms with van der Waals surface area (Å²) in [6.07, 6.45) is 5.22. The van der Waals surface area contributed by atoms with E-state index in [2.05, 4.69) is 48.2 Å². The molecule has 2 aromatic carbocycles. The smallest absolute Gasteiger partial charge is 0.255 e. The third-order valence-electron chi connectivity index (χ3n) is 5.77. The quantitative estimate of drug-likeness (QED) is 0.432. The van der Waals surface area contributed by atoms with E-state index in [1.807, 2.05) is 54.6 Å². The summed E-state index contributed by atoms with van der Waals surface area (Å²) in [5.74, 6) is -0.164. The summed E-state index contributed by atoms with van der Waals surface area (Å²) in [7, 11) is 2.11. The zero-order valence-corrected chi connectivity index (χ0v) is 19.3. The van der Waals surface area contributed by atoms with Crippen molar-refractivity contribution in [2.24, 2.45) is 0 Å². The molecule has 1 amide bonds. The predicted molar refractivity (Wildman–Crippen MR) is 131 cm³/mol. The van der Waals surface area contributed by atoms with E-state index < -0.39 is 0 Å². The van der Waals surface area contributed by atoms with E-state index in [4.69, 9.17) is 5.10 Å². The van der Waals surface area contributed by atoms with Gasteiger partial charge in [-0.1, -0.05) is 42.5 Å². The van der Waals surface area contributed by atoms with Crippen LogP contribution in [0.1, 0.15) is 35.3 Å². The van der Waals surface area contributed by atoms with Gasteiger partial charge in [-0.15, -0.1) is 0 Å². The summed E-state index contributed by atoms with van der Waals surface area (Å²) in [5.41, 5.74) is 5.14. The van der Waals surface area contributed by atoms with Crippen molar-refractivity contribution in [2.75, 3.05) is 7.05 Å². The van der Waals surface area contributed by atoms with E-state index in [0.717, 1.165) is 23.4 Å². The predicted octanol–water partition coefficient (Wildman–Crippen LogP) is 4.70. The summed E-state index contributed by atoms with van der Waals surface area (Å²) in [6, 6.07) is 22.2. The largest absolute Gasteiger partial charge is 0.348 e. The number of pyridine rings is 1. The van der Waals surface area contributed by atoms with Crippen LogP contribution in [0, 0.1) is 0 Å². The molecule has 0 saturated heterocycles. The second-order valence-corrected chi connectivity index (χ2v) is 8.37. The van der Waals surface area contributed by atoms with Crippen LogP contribution in [-0.2, 0) is 13.1 Å². The zero-order chi connectivity index (χ0) is 23.2. The second-order valence-electron chi connectivity index (χ2n) is 8.37. The van der Waals surface area contributed by atoms with Crippen molar-refractivity contribution in [3.05, 3.63) is 102 Å². The van der Waals surface area contributed by atoms with Crippen LogP contribution in [0.5, 0.6) is 0 Å². The molecule has 0 saturated carbocycles. The minimum Gasteiger partial charge on any atom is -0.348 e. The number of hydrogen-bond donors (Lipinski definition) is 1. The number of rotatable bonds is 8. The lowest BCUT2D eigenvalue weighted by Gasteiger charge is -2.22. The van der Waals surface area contributed by atoms with Gasteiger partial charge in [0, 0.05) is 43.3 Å². The van der Waals surface area contributed by atoms with Crippen LogP contribution in [0.4, 0.5) is 0 Å². The number of para-hydroxylation sites is 1. The van der Waals surface area contributed by atoms with E-state index in [0.29, 0.717) is 23.8 Å². The maximum Gasteiger partial charge on any atom is 0.255 e. The van der Waals surface area contributed by atoms with Gasteiger partial charge in [0.05, 0.1) is 11.3 Å². The summed E-state index contributed by atoms with van der Waals surface area (Å²) in [4.78, 5) is 19.8. The first kappa shape index (κ1) is 22.4. The van der Waals surface area contributed by atoms with Gasteiger partial charge in [-0.2, -0.15) is 5.10 Å². The molecule has 0 spiro atoms. The Hall–Kier alpha value is -3.77.